The molecule has 0 bridgehead atoms. The highest BCUT2D eigenvalue weighted by Crippen LogP contribution is 2.13. The fourth-order valence-electron chi connectivity index (χ4n) is 0.736. The molecule has 9 nitrogen and oxygen atoms in total. The number of amides is 2. The number of aromatic amines is 1. The van der Waals surface area contributed by atoms with E-state index in [0.717, 1.165) is 0 Å². The summed E-state index contributed by atoms with van der Waals surface area (Å²) in [5.74, 6) is 9.14. The number of carbonyl (C=O) groups excluding carboxylic acids is 1. The monoisotopic (exact) mass is 244 g/mol. The molecule has 0 spiro atoms. The Morgan fingerprint density at radius 3 is 2.50 bits per heavy atom. The van der Waals surface area contributed by atoms with Crippen LogP contribution in [0.4, 0.5) is 4.79 Å². The molecule has 10 heteroatoms. The van der Waals surface area contributed by atoms with Crippen LogP contribution in [0.15, 0.2) is 12.7 Å². The maximum Gasteiger partial charge on any atom is 0.343 e. The van der Waals surface area contributed by atoms with E-state index in [1.54, 1.807) is 0 Å². The Morgan fingerprint density at radius 1 is 1.38 bits per heavy atom. The fraction of sp³-hybridized carbons (Fsp3) is 0. The molecule has 0 radical (unpaired) electrons. The number of aromatic nitrogens is 4. The van der Waals surface area contributed by atoms with Crippen LogP contribution < -0.4 is 17.4 Å². The number of nitrogens with one attached hydrogen (secondary N) is 1. The highest BCUT2D eigenvalue weighted by molar-refractivity contribution is 6.33. The molecule has 0 aliphatic rings. The molecule has 0 unspecified atom stereocenters. The van der Waals surface area contributed by atoms with E-state index in [9.17, 15) is 4.79 Å². The van der Waals surface area contributed by atoms with Crippen LogP contribution in [0, 0.1) is 0 Å². The van der Waals surface area contributed by atoms with E-state index >= 15 is 0 Å². The van der Waals surface area contributed by atoms with Gasteiger partial charge in [0.25, 0.3) is 0 Å². The van der Waals surface area contributed by atoms with Gasteiger partial charge in [0.1, 0.15) is 11.8 Å². The zero-order valence-electron chi connectivity index (χ0n) is 7.96. The largest absolute Gasteiger partial charge is 0.349 e. The standard InChI is InChI=1S/C5H3ClN4.CH6N4O/c6-4-3-5(9-1-7-3)10-2-8-4;2-1(6)5(3)4/h1-2H,(H,7,8,9,10);3-4H2,(H2,2,6). The third kappa shape index (κ3) is 3.02. The van der Waals surface area contributed by atoms with Gasteiger partial charge in [0, 0.05) is 0 Å². The fourth-order valence-corrected chi connectivity index (χ4v) is 0.918. The molecule has 0 aliphatic heterocycles. The molecule has 16 heavy (non-hydrogen) atoms. The molecule has 0 saturated carbocycles. The zero-order valence-corrected chi connectivity index (χ0v) is 8.72. The number of nitrogens with zero attached hydrogens (tertiary/aromatic N) is 4. The number of hydrazine groups is 2. The molecule has 7 N–H and O–H groups in total. The van der Waals surface area contributed by atoms with Crippen molar-refractivity contribution in [3.63, 3.8) is 0 Å². The SMILES string of the molecule is Clc1ncnc2nc[nH]c12.NC(=O)N(N)N. The average Bonchev–Trinajstić information content (AvgIpc) is 2.68. The second-order valence-electron chi connectivity index (χ2n) is 2.51. The molecule has 0 aromatic carbocycles. The summed E-state index contributed by atoms with van der Waals surface area (Å²) in [6.07, 6.45) is 2.91. The minimum atomic E-state index is -0.852. The Balaban J connectivity index is 0.000000187. The predicted molar refractivity (Wildman–Crippen MR) is 56.5 cm³/mol. The van der Waals surface area contributed by atoms with E-state index in [4.69, 9.17) is 11.6 Å². The summed E-state index contributed by atoms with van der Waals surface area (Å²) < 4.78 is 0. The van der Waals surface area contributed by atoms with Gasteiger partial charge >= 0.3 is 6.03 Å². The molecule has 0 aliphatic carbocycles. The number of hydrogen-bond acceptors (Lipinski definition) is 6. The molecular formula is C6H9ClN8O. The van der Waals surface area contributed by atoms with Crippen molar-refractivity contribution < 1.29 is 4.79 Å². The van der Waals surface area contributed by atoms with Crippen LogP contribution in [-0.2, 0) is 0 Å². The van der Waals surface area contributed by atoms with Crippen LogP contribution in [0.25, 0.3) is 11.2 Å². The maximum atomic E-state index is 9.60. The van der Waals surface area contributed by atoms with E-state index in [2.05, 4.69) is 37.4 Å². The summed E-state index contributed by atoms with van der Waals surface area (Å²) in [5.41, 5.74) is 5.75. The van der Waals surface area contributed by atoms with Gasteiger partial charge in [0.05, 0.1) is 6.33 Å². The summed E-state index contributed by atoms with van der Waals surface area (Å²) in [4.78, 5) is 23.9. The van der Waals surface area contributed by atoms with Gasteiger partial charge in [-0.05, 0) is 0 Å². The summed E-state index contributed by atoms with van der Waals surface area (Å²) in [6.45, 7) is 0. The summed E-state index contributed by atoms with van der Waals surface area (Å²) in [5, 5.41) is 0.711. The van der Waals surface area contributed by atoms with Gasteiger partial charge in [-0.3, -0.25) is 0 Å². The number of halogens is 1. The number of nitrogens with two attached hydrogens (primary N) is 3. The molecule has 2 heterocycles. The minimum absolute atomic E-state index is 0.306. The molecule has 2 amide bonds. The van der Waals surface area contributed by atoms with Gasteiger partial charge in [-0.25, -0.2) is 31.4 Å². The van der Waals surface area contributed by atoms with Crippen molar-refractivity contribution in [3.05, 3.63) is 17.8 Å². The Labute approximate surface area is 94.5 Å². The minimum Gasteiger partial charge on any atom is -0.349 e. The Morgan fingerprint density at radius 2 is 2.00 bits per heavy atom. The topological polar surface area (TPSA) is 153 Å². The van der Waals surface area contributed by atoms with Gasteiger partial charge in [0.15, 0.2) is 10.8 Å². The first-order valence-corrected chi connectivity index (χ1v) is 4.28. The van der Waals surface area contributed by atoms with Crippen LogP contribution >= 0.6 is 11.6 Å². The Hall–Kier alpha value is -1.97. The molecule has 2 rings (SSSR count). The van der Waals surface area contributed by atoms with Gasteiger partial charge in [-0.15, -0.1) is 0 Å². The van der Waals surface area contributed by atoms with Crippen LogP contribution in [0.2, 0.25) is 5.15 Å². The van der Waals surface area contributed by atoms with Gasteiger partial charge in [-0.2, -0.15) is 5.12 Å². The van der Waals surface area contributed by atoms with Crippen LogP contribution in [0.1, 0.15) is 0 Å². The first-order valence-electron chi connectivity index (χ1n) is 3.91. The van der Waals surface area contributed by atoms with Crippen molar-refractivity contribution in [1.82, 2.24) is 25.1 Å². The molecule has 86 valence electrons. The number of rotatable bonds is 0. The van der Waals surface area contributed by atoms with Crippen molar-refractivity contribution in [2.24, 2.45) is 17.4 Å². The Kier molecular flexibility index (Phi) is 3.94. The summed E-state index contributed by atoms with van der Waals surface area (Å²) in [6, 6.07) is -0.852. The number of hydrogen-bond donors (Lipinski definition) is 4. The van der Waals surface area contributed by atoms with E-state index in [-0.39, 0.29) is 0 Å². The van der Waals surface area contributed by atoms with Crippen molar-refractivity contribution in [3.8, 4) is 0 Å². The zero-order chi connectivity index (χ0) is 12.1. The van der Waals surface area contributed by atoms with E-state index in [1.165, 1.54) is 12.7 Å². The van der Waals surface area contributed by atoms with Crippen LogP contribution in [0.5, 0.6) is 0 Å². The first kappa shape index (κ1) is 12.1. The number of H-pyrrole nitrogens is 1. The van der Waals surface area contributed by atoms with E-state index in [1.807, 2.05) is 0 Å². The Bertz CT molecular complexity index is 482. The highest BCUT2D eigenvalue weighted by atomic mass is 35.5. The third-order valence-corrected chi connectivity index (χ3v) is 1.72. The van der Waals surface area contributed by atoms with Crippen LogP contribution in [-0.4, -0.2) is 31.1 Å². The second-order valence-corrected chi connectivity index (χ2v) is 2.87. The summed E-state index contributed by atoms with van der Waals surface area (Å²) >= 11 is 5.68. The number of urea groups is 1. The van der Waals surface area contributed by atoms with Crippen molar-refractivity contribution in [2.45, 2.75) is 0 Å². The number of fused-ring (bicyclic) bond motifs is 1. The molecule has 2 aromatic rings. The lowest BCUT2D eigenvalue weighted by molar-refractivity contribution is 0.210. The van der Waals surface area contributed by atoms with Gasteiger partial charge in [-0.1, -0.05) is 11.6 Å². The average molecular weight is 245 g/mol. The molecular weight excluding hydrogens is 236 g/mol. The first-order chi connectivity index (χ1) is 7.52. The van der Waals surface area contributed by atoms with Gasteiger partial charge in [0.2, 0.25) is 0 Å². The molecule has 0 fully saturated rings. The normalized spacial score (nSPS) is 9.44. The smallest absolute Gasteiger partial charge is 0.343 e. The molecule has 2 aromatic heterocycles. The maximum absolute atomic E-state index is 9.60. The van der Waals surface area contributed by atoms with Crippen molar-refractivity contribution >= 4 is 28.8 Å². The predicted octanol–water partition coefficient (Wildman–Crippen LogP) is -0.879. The highest BCUT2D eigenvalue weighted by Gasteiger charge is 2.00. The van der Waals surface area contributed by atoms with E-state index in [0.29, 0.717) is 21.4 Å². The second kappa shape index (κ2) is 5.21. The number of carbonyl (C=O) groups is 1. The molecule has 0 atom stereocenters. The van der Waals surface area contributed by atoms with Gasteiger partial charge < -0.3 is 10.7 Å². The number of primary amides is 1. The quantitative estimate of drug-likeness (QED) is 0.204. The third-order valence-electron chi connectivity index (χ3n) is 1.43. The molecule has 0 saturated heterocycles. The van der Waals surface area contributed by atoms with Crippen LogP contribution in [0.3, 0.4) is 0 Å². The lowest BCUT2D eigenvalue weighted by Crippen LogP contribution is -2.46. The lowest BCUT2D eigenvalue weighted by atomic mass is 10.6. The van der Waals surface area contributed by atoms with Crippen molar-refractivity contribution in [1.29, 1.82) is 0 Å². The number of imidazole rings is 1. The van der Waals surface area contributed by atoms with Crippen molar-refractivity contribution in [2.75, 3.05) is 0 Å². The summed E-state index contributed by atoms with van der Waals surface area (Å²) in [7, 11) is 0. The lowest BCUT2D eigenvalue weighted by Gasteiger charge is -2.00. The van der Waals surface area contributed by atoms with E-state index < -0.39 is 6.03 Å².